The molecule has 3 heterocycles. The summed E-state index contributed by atoms with van der Waals surface area (Å²) in [6.07, 6.45) is 4.64. The average molecular weight is 334 g/mol. The van der Waals surface area contributed by atoms with Crippen molar-refractivity contribution in [2.45, 2.75) is 50.1 Å². The molecule has 0 aliphatic heterocycles. The Morgan fingerprint density at radius 2 is 2.30 bits per heavy atom. The predicted octanol–water partition coefficient (Wildman–Crippen LogP) is 2.89. The Morgan fingerprint density at radius 1 is 1.39 bits per heavy atom. The molecule has 0 aliphatic rings. The van der Waals surface area contributed by atoms with E-state index in [2.05, 4.69) is 32.6 Å². The lowest BCUT2D eigenvalue weighted by Crippen LogP contribution is -2.04. The Bertz CT molecular complexity index is 723. The number of furan rings is 1. The smallest absolute Gasteiger partial charge is 0.239 e. The number of hydrogen-bond donors (Lipinski definition) is 0. The molecule has 0 spiro atoms. The van der Waals surface area contributed by atoms with E-state index in [4.69, 9.17) is 8.94 Å². The lowest BCUT2D eigenvalue weighted by Gasteiger charge is -2.05. The highest BCUT2D eigenvalue weighted by molar-refractivity contribution is 7.99. The van der Waals surface area contributed by atoms with Crippen molar-refractivity contribution >= 4 is 11.8 Å². The molecule has 1 atom stereocenters. The van der Waals surface area contributed by atoms with Crippen LogP contribution in [-0.4, -0.2) is 30.3 Å². The molecule has 0 saturated heterocycles. The number of thioether (sulfide) groups is 1. The van der Waals surface area contributed by atoms with E-state index in [0.29, 0.717) is 17.6 Å². The van der Waals surface area contributed by atoms with Gasteiger partial charge < -0.3 is 8.94 Å². The van der Waals surface area contributed by atoms with Crippen molar-refractivity contribution in [3.8, 4) is 0 Å². The van der Waals surface area contributed by atoms with Crippen LogP contribution in [0.5, 0.6) is 0 Å². The Labute approximate surface area is 137 Å². The predicted molar refractivity (Wildman–Crippen MR) is 82.8 cm³/mol. The first-order valence-corrected chi connectivity index (χ1v) is 8.42. The van der Waals surface area contributed by atoms with Crippen molar-refractivity contribution < 1.29 is 8.94 Å². The van der Waals surface area contributed by atoms with Gasteiger partial charge in [-0.3, -0.25) is 0 Å². The van der Waals surface area contributed by atoms with Crippen LogP contribution in [0, 0.1) is 0 Å². The van der Waals surface area contributed by atoms with E-state index >= 15 is 0 Å². The molecule has 0 N–H and O–H groups in total. The molecule has 8 nitrogen and oxygen atoms in total. The van der Waals surface area contributed by atoms with Gasteiger partial charge in [-0.15, -0.1) is 5.10 Å². The van der Waals surface area contributed by atoms with Gasteiger partial charge in [0.05, 0.1) is 11.5 Å². The van der Waals surface area contributed by atoms with Gasteiger partial charge in [-0.1, -0.05) is 30.3 Å². The fourth-order valence-electron chi connectivity index (χ4n) is 2.01. The van der Waals surface area contributed by atoms with Gasteiger partial charge >= 0.3 is 0 Å². The molecule has 0 saturated carbocycles. The van der Waals surface area contributed by atoms with E-state index in [1.165, 1.54) is 11.8 Å². The first-order valence-electron chi connectivity index (χ1n) is 7.54. The first kappa shape index (κ1) is 15.7. The molecule has 0 bridgehead atoms. The van der Waals surface area contributed by atoms with Gasteiger partial charge in [0.15, 0.2) is 5.82 Å². The van der Waals surface area contributed by atoms with E-state index < -0.39 is 0 Å². The van der Waals surface area contributed by atoms with E-state index in [9.17, 15) is 0 Å². The Kier molecular flexibility index (Phi) is 5.06. The van der Waals surface area contributed by atoms with Crippen molar-refractivity contribution in [1.29, 1.82) is 0 Å². The van der Waals surface area contributed by atoms with E-state index in [1.54, 1.807) is 10.9 Å². The highest BCUT2D eigenvalue weighted by Gasteiger charge is 2.19. The summed E-state index contributed by atoms with van der Waals surface area (Å²) in [6, 6.07) is 3.73. The van der Waals surface area contributed by atoms with Crippen molar-refractivity contribution in [3.05, 3.63) is 35.9 Å². The molecule has 3 aromatic rings. The second-order valence-electron chi connectivity index (χ2n) is 5.11. The largest absolute Gasteiger partial charge is 0.467 e. The van der Waals surface area contributed by atoms with Crippen LogP contribution < -0.4 is 0 Å². The first-order chi connectivity index (χ1) is 11.3. The van der Waals surface area contributed by atoms with E-state index in [1.807, 2.05) is 19.1 Å². The molecule has 3 aromatic heterocycles. The van der Waals surface area contributed by atoms with Crippen LogP contribution in [0.4, 0.5) is 0 Å². The number of rotatable bonds is 8. The summed E-state index contributed by atoms with van der Waals surface area (Å²) in [6.45, 7) is 4.62. The molecule has 0 aliphatic carbocycles. The standard InChI is InChI=1S/C14H18N6O2S/c1-3-4-7-12-15-13(22-17-12)10(2)23-14-16-18-19-20(14)9-11-6-5-8-21-11/h5-6,8,10H,3-4,7,9H2,1-2H3. The third-order valence-corrected chi connectivity index (χ3v) is 4.31. The highest BCUT2D eigenvalue weighted by Crippen LogP contribution is 2.32. The normalized spacial score (nSPS) is 12.6. The van der Waals surface area contributed by atoms with Gasteiger partial charge in [-0.25, -0.2) is 4.68 Å². The third kappa shape index (κ3) is 3.98. The van der Waals surface area contributed by atoms with Gasteiger partial charge in [0, 0.05) is 6.42 Å². The monoisotopic (exact) mass is 334 g/mol. The second-order valence-corrected chi connectivity index (χ2v) is 6.42. The fourth-order valence-corrected chi connectivity index (χ4v) is 2.83. The number of nitrogens with zero attached hydrogens (tertiary/aromatic N) is 6. The molecule has 23 heavy (non-hydrogen) atoms. The number of hydrogen-bond acceptors (Lipinski definition) is 8. The van der Waals surface area contributed by atoms with Crippen LogP contribution in [0.15, 0.2) is 32.5 Å². The van der Waals surface area contributed by atoms with Gasteiger partial charge in [0.25, 0.3) is 0 Å². The minimum atomic E-state index is -0.0285. The molecular weight excluding hydrogens is 316 g/mol. The average Bonchev–Trinajstić information content (AvgIpc) is 3.28. The SMILES string of the molecule is CCCCc1noc(C(C)Sc2nnnn2Cc2ccco2)n1. The molecule has 0 amide bonds. The van der Waals surface area contributed by atoms with Crippen molar-refractivity contribution in [2.24, 2.45) is 0 Å². The summed E-state index contributed by atoms with van der Waals surface area (Å²) in [4.78, 5) is 4.44. The molecule has 0 fully saturated rings. The van der Waals surface area contributed by atoms with Gasteiger partial charge in [0.1, 0.15) is 12.3 Å². The highest BCUT2D eigenvalue weighted by atomic mass is 32.2. The summed E-state index contributed by atoms with van der Waals surface area (Å²) in [5.74, 6) is 2.14. The van der Waals surface area contributed by atoms with Crippen LogP contribution in [-0.2, 0) is 13.0 Å². The molecule has 1 unspecified atom stereocenters. The summed E-state index contributed by atoms with van der Waals surface area (Å²) in [5, 5.41) is 16.4. The Hall–Kier alpha value is -2.16. The quantitative estimate of drug-likeness (QED) is 0.580. The van der Waals surface area contributed by atoms with Gasteiger partial charge in [-0.05, 0) is 35.9 Å². The molecule has 3 rings (SSSR count). The summed E-state index contributed by atoms with van der Waals surface area (Å²) in [7, 11) is 0. The van der Waals surface area contributed by atoms with Crippen LogP contribution in [0.2, 0.25) is 0 Å². The summed E-state index contributed by atoms with van der Waals surface area (Å²) in [5.41, 5.74) is 0. The zero-order valence-electron chi connectivity index (χ0n) is 13.0. The lowest BCUT2D eigenvalue weighted by molar-refractivity contribution is 0.374. The van der Waals surface area contributed by atoms with E-state index in [0.717, 1.165) is 30.8 Å². The summed E-state index contributed by atoms with van der Waals surface area (Å²) >= 11 is 1.48. The Balaban J connectivity index is 1.65. The number of aromatic nitrogens is 6. The van der Waals surface area contributed by atoms with Gasteiger partial charge in [0.2, 0.25) is 11.0 Å². The molecule has 0 radical (unpaired) electrons. The van der Waals surface area contributed by atoms with Crippen LogP contribution >= 0.6 is 11.8 Å². The zero-order valence-corrected chi connectivity index (χ0v) is 13.9. The third-order valence-electron chi connectivity index (χ3n) is 3.25. The Morgan fingerprint density at radius 3 is 3.09 bits per heavy atom. The zero-order chi connectivity index (χ0) is 16.1. The summed E-state index contributed by atoms with van der Waals surface area (Å²) < 4.78 is 12.4. The van der Waals surface area contributed by atoms with Gasteiger partial charge in [-0.2, -0.15) is 4.98 Å². The van der Waals surface area contributed by atoms with Crippen LogP contribution in [0.1, 0.15) is 49.4 Å². The number of unbranched alkanes of at least 4 members (excludes halogenated alkanes) is 1. The van der Waals surface area contributed by atoms with Crippen LogP contribution in [0.3, 0.4) is 0 Å². The molecule has 0 aromatic carbocycles. The molecule has 122 valence electrons. The van der Waals surface area contributed by atoms with Crippen molar-refractivity contribution in [3.63, 3.8) is 0 Å². The maximum Gasteiger partial charge on any atom is 0.239 e. The fraction of sp³-hybridized carbons (Fsp3) is 0.500. The number of tetrazole rings is 1. The molecule has 9 heteroatoms. The maximum absolute atomic E-state index is 5.34. The number of aryl methyl sites for hydroxylation is 1. The minimum absolute atomic E-state index is 0.0285. The maximum atomic E-state index is 5.34. The second kappa shape index (κ2) is 7.40. The van der Waals surface area contributed by atoms with Crippen molar-refractivity contribution in [2.75, 3.05) is 0 Å². The van der Waals surface area contributed by atoms with Crippen LogP contribution in [0.25, 0.3) is 0 Å². The molecular formula is C14H18N6O2S. The minimum Gasteiger partial charge on any atom is -0.467 e. The lowest BCUT2D eigenvalue weighted by atomic mass is 10.2. The van der Waals surface area contributed by atoms with Crippen molar-refractivity contribution in [1.82, 2.24) is 30.3 Å². The van der Waals surface area contributed by atoms with E-state index in [-0.39, 0.29) is 5.25 Å². The topological polar surface area (TPSA) is 95.7 Å².